The van der Waals surface area contributed by atoms with E-state index in [1.807, 2.05) is 18.3 Å². The zero-order chi connectivity index (χ0) is 11.9. The van der Waals surface area contributed by atoms with Gasteiger partial charge in [-0.05, 0) is 50.8 Å². The molecule has 1 aliphatic carbocycles. The Labute approximate surface area is 104 Å². The summed E-state index contributed by atoms with van der Waals surface area (Å²) >= 11 is 0. The number of nitrogens with zero attached hydrogens (tertiary/aromatic N) is 1. The van der Waals surface area contributed by atoms with Crippen LogP contribution in [0.4, 0.5) is 0 Å². The molecule has 1 aliphatic rings. The summed E-state index contributed by atoms with van der Waals surface area (Å²) in [5.41, 5.74) is 1.08. The van der Waals surface area contributed by atoms with E-state index in [0.29, 0.717) is 6.10 Å². The van der Waals surface area contributed by atoms with E-state index in [0.717, 1.165) is 31.0 Å². The van der Waals surface area contributed by atoms with Crippen LogP contribution in [-0.2, 0) is 6.54 Å². The molecule has 0 radical (unpaired) electrons. The summed E-state index contributed by atoms with van der Waals surface area (Å²) in [5, 5.41) is 3.34. The van der Waals surface area contributed by atoms with E-state index in [4.69, 9.17) is 4.74 Å². The number of hydrogen-bond donors (Lipinski definition) is 1. The first kappa shape index (κ1) is 12.4. The van der Waals surface area contributed by atoms with E-state index in [1.54, 1.807) is 0 Å². The van der Waals surface area contributed by atoms with Gasteiger partial charge in [0.15, 0.2) is 0 Å². The van der Waals surface area contributed by atoms with E-state index >= 15 is 0 Å². The second-order valence-electron chi connectivity index (χ2n) is 4.69. The summed E-state index contributed by atoms with van der Waals surface area (Å²) in [4.78, 5) is 4.41. The lowest BCUT2D eigenvalue weighted by atomic mass is 10.3. The lowest BCUT2D eigenvalue weighted by Gasteiger charge is -2.12. The van der Waals surface area contributed by atoms with Gasteiger partial charge in [-0.3, -0.25) is 4.98 Å². The van der Waals surface area contributed by atoms with Crippen LogP contribution in [0.25, 0.3) is 0 Å². The lowest BCUT2D eigenvalue weighted by Crippen LogP contribution is -2.15. The smallest absolute Gasteiger partial charge is 0.138 e. The molecule has 0 unspecified atom stereocenters. The monoisotopic (exact) mass is 234 g/mol. The number of hydrogen-bond acceptors (Lipinski definition) is 3. The lowest BCUT2D eigenvalue weighted by molar-refractivity contribution is 0.209. The normalized spacial score (nSPS) is 16.3. The Balaban J connectivity index is 1.80. The second-order valence-corrected chi connectivity index (χ2v) is 4.69. The third-order valence-corrected chi connectivity index (χ3v) is 3.14. The minimum Gasteiger partial charge on any atom is -0.489 e. The van der Waals surface area contributed by atoms with Crippen LogP contribution in [0.2, 0.25) is 0 Å². The van der Waals surface area contributed by atoms with Gasteiger partial charge in [0.25, 0.3) is 0 Å². The van der Waals surface area contributed by atoms with Crippen molar-refractivity contribution in [2.24, 2.45) is 0 Å². The summed E-state index contributed by atoms with van der Waals surface area (Å²) in [7, 11) is 0. The van der Waals surface area contributed by atoms with Gasteiger partial charge >= 0.3 is 0 Å². The molecule has 0 saturated heterocycles. The molecule has 3 heteroatoms. The predicted octanol–water partition coefficient (Wildman–Crippen LogP) is 2.90. The molecule has 1 aromatic rings. The third kappa shape index (κ3) is 4.00. The maximum Gasteiger partial charge on any atom is 0.138 e. The zero-order valence-electron chi connectivity index (χ0n) is 10.6. The first-order valence-corrected chi connectivity index (χ1v) is 6.71. The standard InChI is InChI=1S/C14H22N2O/c1-2-9-15-10-12-7-8-14(11-16-12)17-13-5-3-4-6-13/h7-8,11,13,15H,2-6,9-10H2,1H3. The molecule has 0 amide bonds. The Bertz CT molecular complexity index is 317. The average Bonchev–Trinajstić information content (AvgIpc) is 2.85. The van der Waals surface area contributed by atoms with Crippen LogP contribution in [0.5, 0.6) is 5.75 Å². The van der Waals surface area contributed by atoms with Crippen LogP contribution in [0.15, 0.2) is 18.3 Å². The molecule has 1 fully saturated rings. The van der Waals surface area contributed by atoms with Crippen molar-refractivity contribution < 1.29 is 4.74 Å². The van der Waals surface area contributed by atoms with Crippen LogP contribution in [-0.4, -0.2) is 17.6 Å². The number of ether oxygens (including phenoxy) is 1. The predicted molar refractivity (Wildman–Crippen MR) is 69.1 cm³/mol. The van der Waals surface area contributed by atoms with Crippen LogP contribution >= 0.6 is 0 Å². The van der Waals surface area contributed by atoms with Gasteiger partial charge in [0.05, 0.1) is 18.0 Å². The molecule has 0 atom stereocenters. The Hall–Kier alpha value is -1.09. The summed E-state index contributed by atoms with van der Waals surface area (Å²) in [6.45, 7) is 4.05. The molecule has 94 valence electrons. The molecule has 3 nitrogen and oxygen atoms in total. The maximum atomic E-state index is 5.87. The van der Waals surface area contributed by atoms with Crippen molar-refractivity contribution in [3.63, 3.8) is 0 Å². The van der Waals surface area contributed by atoms with E-state index < -0.39 is 0 Å². The highest BCUT2D eigenvalue weighted by atomic mass is 16.5. The Morgan fingerprint density at radius 3 is 2.82 bits per heavy atom. The minimum absolute atomic E-state index is 0.417. The average molecular weight is 234 g/mol. The van der Waals surface area contributed by atoms with Gasteiger partial charge < -0.3 is 10.1 Å². The topological polar surface area (TPSA) is 34.1 Å². The molecular formula is C14H22N2O. The van der Waals surface area contributed by atoms with Gasteiger partial charge in [-0.25, -0.2) is 0 Å². The van der Waals surface area contributed by atoms with Crippen LogP contribution < -0.4 is 10.1 Å². The quantitative estimate of drug-likeness (QED) is 0.768. The Morgan fingerprint density at radius 1 is 1.35 bits per heavy atom. The molecule has 1 heterocycles. The molecule has 2 rings (SSSR count). The number of pyridine rings is 1. The maximum absolute atomic E-state index is 5.87. The third-order valence-electron chi connectivity index (χ3n) is 3.14. The number of nitrogens with one attached hydrogen (secondary N) is 1. The van der Waals surface area contributed by atoms with E-state index in [2.05, 4.69) is 17.2 Å². The molecule has 1 saturated carbocycles. The van der Waals surface area contributed by atoms with Gasteiger partial charge in [-0.2, -0.15) is 0 Å². The number of rotatable bonds is 6. The molecule has 1 aromatic heterocycles. The fourth-order valence-corrected chi connectivity index (χ4v) is 2.18. The van der Waals surface area contributed by atoms with Crippen molar-refractivity contribution in [2.45, 2.75) is 51.7 Å². The minimum atomic E-state index is 0.417. The van der Waals surface area contributed by atoms with Crippen molar-refractivity contribution in [1.29, 1.82) is 0 Å². The summed E-state index contributed by atoms with van der Waals surface area (Å²) in [6.07, 6.45) is 8.42. The molecule has 0 spiro atoms. The fraction of sp³-hybridized carbons (Fsp3) is 0.643. The van der Waals surface area contributed by atoms with Crippen LogP contribution in [0.1, 0.15) is 44.7 Å². The Kier molecular flexibility index (Phi) is 4.80. The van der Waals surface area contributed by atoms with E-state index in [9.17, 15) is 0 Å². The van der Waals surface area contributed by atoms with Crippen molar-refractivity contribution in [3.8, 4) is 5.75 Å². The molecular weight excluding hydrogens is 212 g/mol. The second kappa shape index (κ2) is 6.60. The first-order valence-electron chi connectivity index (χ1n) is 6.71. The summed E-state index contributed by atoms with van der Waals surface area (Å²) in [5.74, 6) is 0.913. The molecule has 17 heavy (non-hydrogen) atoms. The van der Waals surface area contributed by atoms with Gasteiger partial charge in [0, 0.05) is 6.54 Å². The SMILES string of the molecule is CCCNCc1ccc(OC2CCCC2)cn1. The van der Waals surface area contributed by atoms with Crippen molar-refractivity contribution in [2.75, 3.05) is 6.54 Å². The molecule has 1 N–H and O–H groups in total. The fourth-order valence-electron chi connectivity index (χ4n) is 2.18. The summed E-state index contributed by atoms with van der Waals surface area (Å²) in [6, 6.07) is 4.08. The molecule has 0 bridgehead atoms. The number of aromatic nitrogens is 1. The van der Waals surface area contributed by atoms with Crippen molar-refractivity contribution in [1.82, 2.24) is 10.3 Å². The van der Waals surface area contributed by atoms with Gasteiger partial charge in [0.1, 0.15) is 5.75 Å². The van der Waals surface area contributed by atoms with E-state index in [-0.39, 0.29) is 0 Å². The van der Waals surface area contributed by atoms with Gasteiger partial charge in [-0.15, -0.1) is 0 Å². The van der Waals surface area contributed by atoms with E-state index in [1.165, 1.54) is 25.7 Å². The van der Waals surface area contributed by atoms with Crippen molar-refractivity contribution >= 4 is 0 Å². The highest BCUT2D eigenvalue weighted by Gasteiger charge is 2.16. The van der Waals surface area contributed by atoms with Crippen LogP contribution in [0, 0.1) is 0 Å². The largest absolute Gasteiger partial charge is 0.489 e. The molecule has 0 aromatic carbocycles. The Morgan fingerprint density at radius 2 is 2.18 bits per heavy atom. The highest BCUT2D eigenvalue weighted by Crippen LogP contribution is 2.23. The van der Waals surface area contributed by atoms with Crippen molar-refractivity contribution in [3.05, 3.63) is 24.0 Å². The van der Waals surface area contributed by atoms with Gasteiger partial charge in [0.2, 0.25) is 0 Å². The van der Waals surface area contributed by atoms with Crippen LogP contribution in [0.3, 0.4) is 0 Å². The highest BCUT2D eigenvalue weighted by molar-refractivity contribution is 5.20. The zero-order valence-corrected chi connectivity index (χ0v) is 10.6. The summed E-state index contributed by atoms with van der Waals surface area (Å²) < 4.78 is 5.87. The molecule has 0 aliphatic heterocycles. The first-order chi connectivity index (χ1) is 8.38. The van der Waals surface area contributed by atoms with Gasteiger partial charge in [-0.1, -0.05) is 6.92 Å².